The van der Waals surface area contributed by atoms with E-state index in [4.69, 9.17) is 9.47 Å². The van der Waals surface area contributed by atoms with Gasteiger partial charge in [-0.2, -0.15) is 0 Å². The first-order valence-electron chi connectivity index (χ1n) is 12.1. The molecule has 0 aromatic heterocycles. The summed E-state index contributed by atoms with van der Waals surface area (Å²) in [5.41, 5.74) is 0. The lowest BCUT2D eigenvalue weighted by molar-refractivity contribution is -0.164. The summed E-state index contributed by atoms with van der Waals surface area (Å²) in [4.78, 5) is 25.5. The van der Waals surface area contributed by atoms with Crippen LogP contribution in [0.5, 0.6) is 0 Å². The van der Waals surface area contributed by atoms with Crippen molar-refractivity contribution in [3.05, 3.63) is 0 Å². The number of ether oxygens (including phenoxy) is 2. The van der Waals surface area contributed by atoms with Gasteiger partial charge in [-0.25, -0.2) is 0 Å². The Hall–Kier alpha value is -1.06. The van der Waals surface area contributed by atoms with Gasteiger partial charge in [-0.3, -0.25) is 9.59 Å². The van der Waals surface area contributed by atoms with E-state index in [-0.39, 0.29) is 36.0 Å². The Kier molecular flexibility index (Phi) is 7.32. The SMILES string of the molecule is CC1CCC(C(C)C)C(OC(=O)[C@H]2C[C@H]2C(=O)OC2C[C@H](C)CCC2C(C)C)C1. The third kappa shape index (κ3) is 5.55. The minimum absolute atomic E-state index is 0.00744. The predicted octanol–water partition coefficient (Wildman–Crippen LogP) is 5.63. The average molecular weight is 407 g/mol. The number of carbonyl (C=O) groups is 2. The van der Waals surface area contributed by atoms with E-state index in [9.17, 15) is 9.59 Å². The van der Waals surface area contributed by atoms with Crippen LogP contribution in [0.15, 0.2) is 0 Å². The summed E-state index contributed by atoms with van der Waals surface area (Å²) in [6.45, 7) is 13.4. The molecule has 29 heavy (non-hydrogen) atoms. The summed E-state index contributed by atoms with van der Waals surface area (Å²) in [6, 6.07) is 0. The summed E-state index contributed by atoms with van der Waals surface area (Å²) in [7, 11) is 0. The second-order valence-electron chi connectivity index (χ2n) is 11.1. The zero-order valence-corrected chi connectivity index (χ0v) is 19.4. The Morgan fingerprint density at radius 2 is 1.03 bits per heavy atom. The quantitative estimate of drug-likeness (QED) is 0.536. The van der Waals surface area contributed by atoms with Gasteiger partial charge in [0.15, 0.2) is 0 Å². The minimum Gasteiger partial charge on any atom is -0.462 e. The monoisotopic (exact) mass is 406 g/mol. The van der Waals surface area contributed by atoms with Crippen LogP contribution in [-0.4, -0.2) is 24.1 Å². The maximum Gasteiger partial charge on any atom is 0.310 e. The average Bonchev–Trinajstić information content (AvgIpc) is 3.42. The van der Waals surface area contributed by atoms with Crippen molar-refractivity contribution in [2.75, 3.05) is 0 Å². The molecule has 8 atom stereocenters. The first-order chi connectivity index (χ1) is 13.7. The van der Waals surface area contributed by atoms with Gasteiger partial charge in [0.25, 0.3) is 0 Å². The van der Waals surface area contributed by atoms with Crippen LogP contribution in [0, 0.1) is 47.3 Å². The number of rotatable bonds is 6. The standard InChI is InChI=1S/C25H42O4/c1-14(2)18-9-7-16(5)11-22(18)28-24(26)20-13-21(20)25(27)29-23-12-17(6)8-10-19(23)15(3)4/h14-23H,7-13H2,1-6H3/t16-,17?,18?,19?,20-,21+,22?,23?/m1/s1. The van der Waals surface area contributed by atoms with Gasteiger partial charge in [0.05, 0.1) is 11.8 Å². The molecule has 0 aliphatic heterocycles. The molecule has 0 radical (unpaired) electrons. The molecular formula is C25H42O4. The van der Waals surface area contributed by atoms with Crippen LogP contribution in [0.25, 0.3) is 0 Å². The maximum atomic E-state index is 12.8. The summed E-state index contributed by atoms with van der Waals surface area (Å²) >= 11 is 0. The first kappa shape index (κ1) is 22.6. The molecule has 5 unspecified atom stereocenters. The number of carbonyl (C=O) groups excluding carboxylic acids is 2. The third-order valence-electron chi connectivity index (χ3n) is 7.85. The zero-order valence-electron chi connectivity index (χ0n) is 19.4. The molecule has 0 N–H and O–H groups in total. The van der Waals surface area contributed by atoms with E-state index in [0.717, 1.165) is 25.7 Å². The smallest absolute Gasteiger partial charge is 0.310 e. The molecule has 0 aromatic rings. The van der Waals surface area contributed by atoms with Crippen molar-refractivity contribution in [1.29, 1.82) is 0 Å². The zero-order chi connectivity index (χ0) is 21.3. The highest BCUT2D eigenvalue weighted by atomic mass is 16.6. The van der Waals surface area contributed by atoms with Gasteiger partial charge >= 0.3 is 11.9 Å². The lowest BCUT2D eigenvalue weighted by atomic mass is 9.75. The molecule has 3 rings (SSSR count). The molecule has 0 heterocycles. The molecule has 3 aliphatic rings. The van der Waals surface area contributed by atoms with E-state index in [0.29, 0.717) is 41.9 Å². The van der Waals surface area contributed by atoms with E-state index < -0.39 is 0 Å². The Balaban J connectivity index is 1.52. The van der Waals surface area contributed by atoms with E-state index in [1.165, 1.54) is 12.8 Å². The van der Waals surface area contributed by atoms with Crippen molar-refractivity contribution in [1.82, 2.24) is 0 Å². The third-order valence-corrected chi connectivity index (χ3v) is 7.85. The molecule has 3 aliphatic carbocycles. The molecule has 3 fully saturated rings. The topological polar surface area (TPSA) is 52.6 Å². The molecule has 0 aromatic carbocycles. The van der Waals surface area contributed by atoms with Crippen molar-refractivity contribution in [3.8, 4) is 0 Å². The van der Waals surface area contributed by atoms with Crippen LogP contribution in [0.3, 0.4) is 0 Å². The van der Waals surface area contributed by atoms with Gasteiger partial charge in [0.2, 0.25) is 0 Å². The number of esters is 2. The summed E-state index contributed by atoms with van der Waals surface area (Å²) in [5.74, 6) is 2.20. The van der Waals surface area contributed by atoms with E-state index in [1.807, 2.05) is 0 Å². The summed E-state index contributed by atoms with van der Waals surface area (Å²) in [5, 5.41) is 0. The van der Waals surface area contributed by atoms with Gasteiger partial charge in [-0.15, -0.1) is 0 Å². The van der Waals surface area contributed by atoms with Gasteiger partial charge < -0.3 is 9.47 Å². The highest BCUT2D eigenvalue weighted by Gasteiger charge is 2.52. The lowest BCUT2D eigenvalue weighted by Crippen LogP contribution is -2.37. The fourth-order valence-electron chi connectivity index (χ4n) is 5.69. The Labute approximate surface area is 177 Å². The van der Waals surface area contributed by atoms with Crippen LogP contribution in [0.2, 0.25) is 0 Å². The highest BCUT2D eigenvalue weighted by Crippen LogP contribution is 2.44. The fourth-order valence-corrected chi connectivity index (χ4v) is 5.69. The molecule has 3 saturated carbocycles. The largest absolute Gasteiger partial charge is 0.462 e. The van der Waals surface area contributed by atoms with Crippen LogP contribution in [0.1, 0.15) is 86.5 Å². The molecule has 166 valence electrons. The Bertz CT molecular complexity index is 533. The minimum atomic E-state index is -0.286. The van der Waals surface area contributed by atoms with Crippen molar-refractivity contribution < 1.29 is 19.1 Å². The van der Waals surface area contributed by atoms with Gasteiger partial charge in [0.1, 0.15) is 12.2 Å². The molecule has 0 amide bonds. The molecule has 0 saturated heterocycles. The van der Waals surface area contributed by atoms with Crippen LogP contribution >= 0.6 is 0 Å². The van der Waals surface area contributed by atoms with E-state index >= 15 is 0 Å². The van der Waals surface area contributed by atoms with Crippen molar-refractivity contribution >= 4 is 11.9 Å². The van der Waals surface area contributed by atoms with Gasteiger partial charge in [-0.05, 0) is 67.6 Å². The predicted molar refractivity (Wildman–Crippen MR) is 114 cm³/mol. The molecule has 0 spiro atoms. The second-order valence-corrected chi connectivity index (χ2v) is 11.1. The normalized spacial score (nSPS) is 40.0. The van der Waals surface area contributed by atoms with Crippen LogP contribution in [-0.2, 0) is 19.1 Å². The Morgan fingerprint density at radius 1 is 0.655 bits per heavy atom. The number of hydrogen-bond donors (Lipinski definition) is 0. The molecule has 4 nitrogen and oxygen atoms in total. The summed E-state index contributed by atoms with van der Waals surface area (Å²) < 4.78 is 11.9. The van der Waals surface area contributed by atoms with Gasteiger partial charge in [0, 0.05) is 0 Å². The molecule has 0 bridgehead atoms. The van der Waals surface area contributed by atoms with Gasteiger partial charge in [-0.1, -0.05) is 54.4 Å². The number of hydrogen-bond acceptors (Lipinski definition) is 4. The van der Waals surface area contributed by atoms with Crippen LogP contribution < -0.4 is 0 Å². The first-order valence-corrected chi connectivity index (χ1v) is 12.1. The van der Waals surface area contributed by atoms with E-state index in [2.05, 4.69) is 41.5 Å². The summed E-state index contributed by atoms with van der Waals surface area (Å²) in [6.07, 6.45) is 7.20. The molecule has 4 heteroatoms. The van der Waals surface area contributed by atoms with E-state index in [1.54, 1.807) is 0 Å². The second kappa shape index (κ2) is 9.39. The van der Waals surface area contributed by atoms with Crippen molar-refractivity contribution in [2.45, 2.75) is 98.7 Å². The highest BCUT2D eigenvalue weighted by molar-refractivity contribution is 5.87. The van der Waals surface area contributed by atoms with Crippen LogP contribution in [0.4, 0.5) is 0 Å². The maximum absolute atomic E-state index is 12.8. The molecular weight excluding hydrogens is 364 g/mol. The lowest BCUT2D eigenvalue weighted by Gasteiger charge is -2.37. The Morgan fingerprint density at radius 3 is 1.38 bits per heavy atom. The van der Waals surface area contributed by atoms with Crippen molar-refractivity contribution in [2.24, 2.45) is 47.3 Å². The van der Waals surface area contributed by atoms with Crippen molar-refractivity contribution in [3.63, 3.8) is 0 Å². The fraction of sp³-hybridized carbons (Fsp3) is 0.920.